The van der Waals surface area contributed by atoms with Gasteiger partial charge in [0.15, 0.2) is 0 Å². The summed E-state index contributed by atoms with van der Waals surface area (Å²) in [6.07, 6.45) is 4.00. The van der Waals surface area contributed by atoms with E-state index in [2.05, 4.69) is 34.2 Å². The number of hydrogen-bond acceptors (Lipinski definition) is 2. The van der Waals surface area contributed by atoms with E-state index in [1.54, 1.807) is 0 Å². The van der Waals surface area contributed by atoms with Gasteiger partial charge in [-0.3, -0.25) is 0 Å². The van der Waals surface area contributed by atoms with Crippen LogP contribution in [-0.4, -0.2) is 16.6 Å². The van der Waals surface area contributed by atoms with Crippen molar-refractivity contribution in [2.24, 2.45) is 0 Å². The molecule has 0 fully saturated rings. The summed E-state index contributed by atoms with van der Waals surface area (Å²) < 4.78 is 5.78. The van der Waals surface area contributed by atoms with Crippen LogP contribution in [0, 0.1) is 0 Å². The number of nitrogens with one attached hydrogen (secondary N) is 1. The summed E-state index contributed by atoms with van der Waals surface area (Å²) in [5.74, 6) is 1.79. The third kappa shape index (κ3) is 2.23. The fraction of sp³-hybridized carbons (Fsp3) is 0.0556. The zero-order valence-corrected chi connectivity index (χ0v) is 11.4. The number of ether oxygens (including phenoxy) is 1. The molecule has 0 aliphatic carbocycles. The summed E-state index contributed by atoms with van der Waals surface area (Å²) in [7, 11) is 0. The Labute approximate surface area is 122 Å². The molecular formula is C18H14N2O. The molecule has 4 rings (SSSR count). The third-order valence-electron chi connectivity index (χ3n) is 3.60. The van der Waals surface area contributed by atoms with E-state index in [1.807, 2.05) is 42.6 Å². The van der Waals surface area contributed by atoms with Gasteiger partial charge >= 0.3 is 0 Å². The quantitative estimate of drug-likeness (QED) is 0.766. The molecule has 3 aromatic rings. The molecular weight excluding hydrogens is 260 g/mol. The van der Waals surface area contributed by atoms with E-state index in [1.165, 1.54) is 0 Å². The Morgan fingerprint density at radius 1 is 0.952 bits per heavy atom. The number of H-pyrrole nitrogens is 1. The molecule has 0 atom stereocenters. The van der Waals surface area contributed by atoms with Gasteiger partial charge in [0.1, 0.15) is 18.2 Å². The second-order valence-corrected chi connectivity index (χ2v) is 5.01. The molecule has 0 amide bonds. The summed E-state index contributed by atoms with van der Waals surface area (Å²) in [6.45, 7) is 0.540. The highest BCUT2D eigenvalue weighted by atomic mass is 16.5. The molecule has 0 bridgehead atoms. The van der Waals surface area contributed by atoms with Crippen molar-refractivity contribution in [3.63, 3.8) is 0 Å². The van der Waals surface area contributed by atoms with E-state index in [9.17, 15) is 0 Å². The molecule has 1 aliphatic heterocycles. The van der Waals surface area contributed by atoms with E-state index in [0.29, 0.717) is 6.61 Å². The fourth-order valence-corrected chi connectivity index (χ4v) is 2.50. The normalized spacial score (nSPS) is 13.2. The van der Waals surface area contributed by atoms with Crippen molar-refractivity contribution in [3.05, 3.63) is 72.2 Å². The van der Waals surface area contributed by atoms with Crippen molar-refractivity contribution >= 4 is 11.6 Å². The minimum Gasteiger partial charge on any atom is -0.488 e. The number of imidazole rings is 1. The first kappa shape index (κ1) is 12.0. The fourth-order valence-electron chi connectivity index (χ4n) is 2.50. The Kier molecular flexibility index (Phi) is 2.82. The van der Waals surface area contributed by atoms with Crippen LogP contribution in [0.2, 0.25) is 0 Å². The number of para-hydroxylation sites is 1. The summed E-state index contributed by atoms with van der Waals surface area (Å²) in [5.41, 5.74) is 4.31. The Bertz CT molecular complexity index is 803. The van der Waals surface area contributed by atoms with Crippen LogP contribution >= 0.6 is 0 Å². The van der Waals surface area contributed by atoms with Crippen LogP contribution in [0.5, 0.6) is 5.75 Å². The average molecular weight is 274 g/mol. The first-order valence-corrected chi connectivity index (χ1v) is 6.93. The van der Waals surface area contributed by atoms with Crippen LogP contribution in [-0.2, 0) is 0 Å². The van der Waals surface area contributed by atoms with Crippen LogP contribution in [0.1, 0.15) is 11.4 Å². The van der Waals surface area contributed by atoms with Gasteiger partial charge in [-0.15, -0.1) is 0 Å². The smallest absolute Gasteiger partial charge is 0.137 e. The standard InChI is InChI=1S/C18H14N2O/c1-2-6-13(7-3-1)16-11-19-18(20-16)15-10-14-8-4-5-9-17(14)21-12-15/h1-11H,12H2,(H,19,20). The van der Waals surface area contributed by atoms with Crippen molar-refractivity contribution in [3.8, 4) is 17.0 Å². The number of rotatable bonds is 2. The molecule has 3 nitrogen and oxygen atoms in total. The Balaban J connectivity index is 1.70. The van der Waals surface area contributed by atoms with Crippen LogP contribution in [0.15, 0.2) is 60.8 Å². The first-order valence-electron chi connectivity index (χ1n) is 6.93. The number of benzene rings is 2. The van der Waals surface area contributed by atoms with Crippen molar-refractivity contribution < 1.29 is 4.74 Å². The van der Waals surface area contributed by atoms with Gasteiger partial charge in [-0.05, 0) is 17.7 Å². The summed E-state index contributed by atoms with van der Waals surface area (Å²) in [4.78, 5) is 7.86. The zero-order chi connectivity index (χ0) is 14.1. The highest BCUT2D eigenvalue weighted by Gasteiger charge is 2.14. The molecule has 1 aliphatic rings. The van der Waals surface area contributed by atoms with Gasteiger partial charge in [0.05, 0.1) is 11.9 Å². The maximum Gasteiger partial charge on any atom is 0.137 e. The minimum atomic E-state index is 0.540. The molecule has 0 saturated carbocycles. The third-order valence-corrected chi connectivity index (χ3v) is 3.60. The maximum absolute atomic E-state index is 5.78. The Morgan fingerprint density at radius 2 is 1.76 bits per heavy atom. The molecule has 3 heteroatoms. The minimum absolute atomic E-state index is 0.540. The summed E-state index contributed by atoms with van der Waals surface area (Å²) in [6, 6.07) is 18.2. The summed E-state index contributed by atoms with van der Waals surface area (Å²) in [5, 5.41) is 0. The van der Waals surface area contributed by atoms with E-state index in [-0.39, 0.29) is 0 Å². The Morgan fingerprint density at radius 3 is 2.67 bits per heavy atom. The van der Waals surface area contributed by atoms with E-state index < -0.39 is 0 Å². The topological polar surface area (TPSA) is 37.9 Å². The molecule has 2 aromatic carbocycles. The zero-order valence-electron chi connectivity index (χ0n) is 11.4. The lowest BCUT2D eigenvalue weighted by molar-refractivity contribution is 0.365. The molecule has 1 N–H and O–H groups in total. The number of aromatic nitrogens is 2. The van der Waals surface area contributed by atoms with Crippen molar-refractivity contribution in [2.45, 2.75) is 0 Å². The molecule has 0 radical (unpaired) electrons. The largest absolute Gasteiger partial charge is 0.488 e. The van der Waals surface area contributed by atoms with Gasteiger partial charge in [-0.25, -0.2) is 4.98 Å². The monoisotopic (exact) mass is 274 g/mol. The molecule has 21 heavy (non-hydrogen) atoms. The van der Waals surface area contributed by atoms with E-state index >= 15 is 0 Å². The molecule has 1 aromatic heterocycles. The SMILES string of the molecule is C1=C(c2ncc(-c3ccccc3)[nH]2)COc2ccccc21. The van der Waals surface area contributed by atoms with Gasteiger partial charge in [0, 0.05) is 11.1 Å². The van der Waals surface area contributed by atoms with Crippen molar-refractivity contribution in [2.75, 3.05) is 6.61 Å². The first-order chi connectivity index (χ1) is 10.4. The van der Waals surface area contributed by atoms with Crippen LogP contribution in [0.4, 0.5) is 0 Å². The Hall–Kier alpha value is -2.81. The second kappa shape index (κ2) is 4.94. The number of nitrogens with zero attached hydrogens (tertiary/aromatic N) is 1. The molecule has 0 saturated heterocycles. The predicted molar refractivity (Wildman–Crippen MR) is 83.8 cm³/mol. The predicted octanol–water partition coefficient (Wildman–Crippen LogP) is 4.01. The van der Waals surface area contributed by atoms with E-state index in [4.69, 9.17) is 4.74 Å². The lowest BCUT2D eigenvalue weighted by Crippen LogP contribution is -2.07. The lowest BCUT2D eigenvalue weighted by Gasteiger charge is -2.16. The van der Waals surface area contributed by atoms with Crippen molar-refractivity contribution in [1.29, 1.82) is 0 Å². The van der Waals surface area contributed by atoms with Crippen LogP contribution in [0.3, 0.4) is 0 Å². The second-order valence-electron chi connectivity index (χ2n) is 5.01. The van der Waals surface area contributed by atoms with E-state index in [0.717, 1.165) is 34.0 Å². The van der Waals surface area contributed by atoms with Gasteiger partial charge in [-0.1, -0.05) is 48.5 Å². The number of hydrogen-bond donors (Lipinski definition) is 1. The molecule has 102 valence electrons. The molecule has 0 unspecified atom stereocenters. The average Bonchev–Trinajstić information content (AvgIpc) is 3.05. The molecule has 2 heterocycles. The highest BCUT2D eigenvalue weighted by molar-refractivity contribution is 5.83. The number of fused-ring (bicyclic) bond motifs is 1. The van der Waals surface area contributed by atoms with Crippen LogP contribution < -0.4 is 4.74 Å². The highest BCUT2D eigenvalue weighted by Crippen LogP contribution is 2.29. The van der Waals surface area contributed by atoms with Gasteiger partial charge < -0.3 is 9.72 Å². The van der Waals surface area contributed by atoms with Crippen molar-refractivity contribution in [1.82, 2.24) is 9.97 Å². The van der Waals surface area contributed by atoms with Gasteiger partial charge in [0.2, 0.25) is 0 Å². The maximum atomic E-state index is 5.78. The molecule has 0 spiro atoms. The van der Waals surface area contributed by atoms with Crippen LogP contribution in [0.25, 0.3) is 22.9 Å². The van der Waals surface area contributed by atoms with Gasteiger partial charge in [-0.2, -0.15) is 0 Å². The number of aromatic amines is 1. The lowest BCUT2D eigenvalue weighted by atomic mass is 10.1. The summed E-state index contributed by atoms with van der Waals surface area (Å²) >= 11 is 0. The van der Waals surface area contributed by atoms with Gasteiger partial charge in [0.25, 0.3) is 0 Å².